The van der Waals surface area contributed by atoms with E-state index in [1.807, 2.05) is 13.8 Å². The number of carbonyl (C=O) groups excluding carboxylic acids is 2. The van der Waals surface area contributed by atoms with Gasteiger partial charge in [-0.05, 0) is 20.3 Å². The smallest absolute Gasteiger partial charge is 0.249 e. The standard InChI is InChI=1S/C16H27NO4/c1-6-7-8-12(18)9-10-17-14(19)13-15(2,3)11-20-16(4,5)21-13/h6,13H,1,7-11H2,2-5H3,(H,17,19). The lowest BCUT2D eigenvalue weighted by molar-refractivity contribution is -0.304. The van der Waals surface area contributed by atoms with Crippen LogP contribution in [0.15, 0.2) is 12.7 Å². The summed E-state index contributed by atoms with van der Waals surface area (Å²) in [7, 11) is 0. The molecular formula is C16H27NO4. The van der Waals surface area contributed by atoms with E-state index in [1.165, 1.54) is 0 Å². The Bertz CT molecular complexity index is 401. The fraction of sp³-hybridized carbons (Fsp3) is 0.750. The normalized spacial score (nSPS) is 23.3. The van der Waals surface area contributed by atoms with E-state index in [2.05, 4.69) is 11.9 Å². The molecule has 1 aliphatic rings. The van der Waals surface area contributed by atoms with Crippen LogP contribution in [-0.4, -0.2) is 36.7 Å². The minimum absolute atomic E-state index is 0.127. The van der Waals surface area contributed by atoms with Crippen LogP contribution in [0.5, 0.6) is 0 Å². The monoisotopic (exact) mass is 297 g/mol. The Morgan fingerprint density at radius 3 is 2.57 bits per heavy atom. The molecule has 1 rings (SSSR count). The van der Waals surface area contributed by atoms with E-state index in [0.29, 0.717) is 32.4 Å². The Morgan fingerprint density at radius 1 is 1.29 bits per heavy atom. The van der Waals surface area contributed by atoms with E-state index in [4.69, 9.17) is 9.47 Å². The highest BCUT2D eigenvalue weighted by Crippen LogP contribution is 2.34. The molecule has 5 heteroatoms. The molecule has 1 aliphatic heterocycles. The fourth-order valence-electron chi connectivity index (χ4n) is 2.13. The Balaban J connectivity index is 2.46. The second kappa shape index (κ2) is 7.18. The SMILES string of the molecule is C=CCCC(=O)CCNC(=O)C1OC(C)(C)OCC1(C)C. The molecule has 120 valence electrons. The lowest BCUT2D eigenvalue weighted by Gasteiger charge is -2.44. The van der Waals surface area contributed by atoms with E-state index in [0.717, 1.165) is 0 Å². The lowest BCUT2D eigenvalue weighted by atomic mass is 9.85. The number of hydrogen-bond acceptors (Lipinski definition) is 4. The predicted octanol–water partition coefficient (Wildman–Crippen LogP) is 2.21. The first-order valence-electron chi connectivity index (χ1n) is 7.40. The molecule has 0 aromatic heterocycles. The molecule has 0 aromatic rings. The van der Waals surface area contributed by atoms with Crippen LogP contribution in [0.2, 0.25) is 0 Å². The first-order valence-corrected chi connectivity index (χ1v) is 7.40. The highest BCUT2D eigenvalue weighted by atomic mass is 16.7. The van der Waals surface area contributed by atoms with Crippen molar-refractivity contribution in [3.63, 3.8) is 0 Å². The molecule has 1 amide bonds. The van der Waals surface area contributed by atoms with Crippen molar-refractivity contribution in [2.75, 3.05) is 13.2 Å². The van der Waals surface area contributed by atoms with E-state index in [9.17, 15) is 9.59 Å². The van der Waals surface area contributed by atoms with Gasteiger partial charge >= 0.3 is 0 Å². The van der Waals surface area contributed by atoms with Crippen molar-refractivity contribution < 1.29 is 19.1 Å². The van der Waals surface area contributed by atoms with E-state index in [1.54, 1.807) is 19.9 Å². The summed E-state index contributed by atoms with van der Waals surface area (Å²) >= 11 is 0. The quantitative estimate of drug-likeness (QED) is 0.732. The number of ether oxygens (including phenoxy) is 2. The summed E-state index contributed by atoms with van der Waals surface area (Å²) in [4.78, 5) is 23.8. The molecule has 0 spiro atoms. The van der Waals surface area contributed by atoms with Crippen LogP contribution in [0.3, 0.4) is 0 Å². The van der Waals surface area contributed by atoms with Crippen LogP contribution >= 0.6 is 0 Å². The number of carbonyl (C=O) groups is 2. The molecule has 1 saturated heterocycles. The molecule has 1 heterocycles. The maximum atomic E-state index is 12.3. The van der Waals surface area contributed by atoms with Crippen molar-refractivity contribution in [1.82, 2.24) is 5.32 Å². The maximum absolute atomic E-state index is 12.3. The molecule has 1 atom stereocenters. The topological polar surface area (TPSA) is 64.6 Å². The molecule has 0 aromatic carbocycles. The number of amides is 1. The van der Waals surface area contributed by atoms with Crippen LogP contribution in [0.25, 0.3) is 0 Å². The van der Waals surface area contributed by atoms with Crippen molar-refractivity contribution in [2.45, 2.75) is 58.8 Å². The number of allylic oxidation sites excluding steroid dienone is 1. The zero-order valence-corrected chi connectivity index (χ0v) is 13.5. The van der Waals surface area contributed by atoms with Crippen LogP contribution in [-0.2, 0) is 19.1 Å². The van der Waals surface area contributed by atoms with Gasteiger partial charge < -0.3 is 14.8 Å². The van der Waals surface area contributed by atoms with Gasteiger partial charge in [0.25, 0.3) is 0 Å². The number of Topliss-reactive ketones (excluding diaryl/α,β-unsaturated/α-hetero) is 1. The number of nitrogens with one attached hydrogen (secondary N) is 1. The number of rotatable bonds is 7. The molecule has 21 heavy (non-hydrogen) atoms. The lowest BCUT2D eigenvalue weighted by Crippen LogP contribution is -2.56. The van der Waals surface area contributed by atoms with Crippen molar-refractivity contribution in [1.29, 1.82) is 0 Å². The van der Waals surface area contributed by atoms with Crippen LogP contribution in [0, 0.1) is 5.41 Å². The first-order chi connectivity index (χ1) is 9.68. The van der Waals surface area contributed by atoms with E-state index < -0.39 is 17.3 Å². The van der Waals surface area contributed by atoms with Crippen LogP contribution in [0.4, 0.5) is 0 Å². The second-order valence-corrected chi connectivity index (χ2v) is 6.58. The maximum Gasteiger partial charge on any atom is 0.249 e. The molecule has 0 saturated carbocycles. The summed E-state index contributed by atoms with van der Waals surface area (Å²) in [6.07, 6.45) is 2.64. The predicted molar refractivity (Wildman–Crippen MR) is 80.7 cm³/mol. The van der Waals surface area contributed by atoms with Crippen LogP contribution < -0.4 is 5.32 Å². The van der Waals surface area contributed by atoms with Crippen molar-refractivity contribution in [3.05, 3.63) is 12.7 Å². The fourth-order valence-corrected chi connectivity index (χ4v) is 2.13. The van der Waals surface area contributed by atoms with Crippen molar-refractivity contribution in [3.8, 4) is 0 Å². The minimum Gasteiger partial charge on any atom is -0.353 e. The van der Waals surface area contributed by atoms with Gasteiger partial charge in [0.15, 0.2) is 5.79 Å². The van der Waals surface area contributed by atoms with Gasteiger partial charge in [-0.15, -0.1) is 6.58 Å². The number of ketones is 1. The Morgan fingerprint density at radius 2 is 1.95 bits per heavy atom. The van der Waals surface area contributed by atoms with Gasteiger partial charge in [0.2, 0.25) is 5.91 Å². The van der Waals surface area contributed by atoms with E-state index in [-0.39, 0.29) is 11.7 Å². The summed E-state index contributed by atoms with van der Waals surface area (Å²) in [5.41, 5.74) is -0.396. The largest absolute Gasteiger partial charge is 0.353 e. The third-order valence-electron chi connectivity index (χ3n) is 3.47. The van der Waals surface area contributed by atoms with Crippen molar-refractivity contribution in [2.24, 2.45) is 5.41 Å². The average Bonchev–Trinajstić information content (AvgIpc) is 2.39. The zero-order valence-electron chi connectivity index (χ0n) is 13.5. The summed E-state index contributed by atoms with van der Waals surface area (Å²) in [5, 5.41) is 2.79. The summed E-state index contributed by atoms with van der Waals surface area (Å²) in [5.74, 6) is -0.826. The van der Waals surface area contributed by atoms with Crippen LogP contribution in [0.1, 0.15) is 47.0 Å². The third kappa shape index (κ3) is 5.59. The Hall–Kier alpha value is -1.20. The molecule has 5 nitrogen and oxygen atoms in total. The molecule has 1 fully saturated rings. The molecule has 0 aliphatic carbocycles. The summed E-state index contributed by atoms with van der Waals surface area (Å²) in [6, 6.07) is 0. The van der Waals surface area contributed by atoms with Crippen molar-refractivity contribution >= 4 is 11.7 Å². The number of hydrogen-bond donors (Lipinski definition) is 1. The zero-order chi connectivity index (χ0) is 16.1. The second-order valence-electron chi connectivity index (χ2n) is 6.58. The van der Waals surface area contributed by atoms with Gasteiger partial charge in [0, 0.05) is 24.8 Å². The van der Waals surface area contributed by atoms with Gasteiger partial charge in [-0.2, -0.15) is 0 Å². The van der Waals surface area contributed by atoms with Gasteiger partial charge in [0.05, 0.1) is 6.61 Å². The molecule has 0 radical (unpaired) electrons. The molecule has 0 bridgehead atoms. The summed E-state index contributed by atoms with van der Waals surface area (Å²) in [6.45, 7) is 11.8. The Labute approximate surface area is 127 Å². The average molecular weight is 297 g/mol. The minimum atomic E-state index is -0.767. The first kappa shape index (κ1) is 17.9. The Kier molecular flexibility index (Phi) is 6.10. The highest BCUT2D eigenvalue weighted by Gasteiger charge is 2.45. The third-order valence-corrected chi connectivity index (χ3v) is 3.47. The van der Waals surface area contributed by atoms with Gasteiger partial charge in [-0.1, -0.05) is 19.9 Å². The summed E-state index contributed by atoms with van der Waals surface area (Å²) < 4.78 is 11.3. The highest BCUT2D eigenvalue weighted by molar-refractivity contribution is 5.83. The molecular weight excluding hydrogens is 270 g/mol. The molecule has 1 N–H and O–H groups in total. The van der Waals surface area contributed by atoms with Gasteiger partial charge in [0.1, 0.15) is 11.9 Å². The van der Waals surface area contributed by atoms with Gasteiger partial charge in [-0.25, -0.2) is 0 Å². The molecule has 1 unspecified atom stereocenters. The van der Waals surface area contributed by atoms with E-state index >= 15 is 0 Å². The van der Waals surface area contributed by atoms with Gasteiger partial charge in [-0.3, -0.25) is 9.59 Å².